The molecule has 0 aromatic heterocycles. The van der Waals surface area contributed by atoms with E-state index >= 15 is 0 Å². The first-order valence-corrected chi connectivity index (χ1v) is 4.06. The molecule has 72 valence electrons. The highest BCUT2D eigenvalue weighted by atomic mass is 16.6. The minimum absolute atomic E-state index is 0.148. The number of hydrogen-bond acceptors (Lipinski definition) is 4. The summed E-state index contributed by atoms with van der Waals surface area (Å²) < 4.78 is 15.5. The summed E-state index contributed by atoms with van der Waals surface area (Å²) >= 11 is 0. The summed E-state index contributed by atoms with van der Waals surface area (Å²) in [4.78, 5) is 0. The number of ether oxygens (including phenoxy) is 3. The second kappa shape index (κ2) is 4.18. The lowest BCUT2D eigenvalue weighted by molar-refractivity contribution is -0.0436. The van der Waals surface area contributed by atoms with Gasteiger partial charge < -0.3 is 19.3 Å². The fourth-order valence-electron chi connectivity index (χ4n) is 1.51. The van der Waals surface area contributed by atoms with Crippen LogP contribution >= 0.6 is 0 Å². The van der Waals surface area contributed by atoms with Crippen LogP contribution in [0.1, 0.15) is 6.92 Å². The average molecular weight is 176 g/mol. The van der Waals surface area contributed by atoms with Crippen molar-refractivity contribution < 1.29 is 19.3 Å². The lowest BCUT2D eigenvalue weighted by Crippen LogP contribution is -2.35. The highest BCUT2D eigenvalue weighted by Crippen LogP contribution is 2.23. The molecule has 1 rings (SSSR count). The molecule has 12 heavy (non-hydrogen) atoms. The van der Waals surface area contributed by atoms with Gasteiger partial charge in [-0.2, -0.15) is 0 Å². The van der Waals surface area contributed by atoms with Gasteiger partial charge in [-0.15, -0.1) is 0 Å². The normalized spacial score (nSPS) is 42.0. The third-order valence-electron chi connectivity index (χ3n) is 2.18. The third-order valence-corrected chi connectivity index (χ3v) is 2.18. The van der Waals surface area contributed by atoms with Crippen molar-refractivity contribution in [3.63, 3.8) is 0 Å². The van der Waals surface area contributed by atoms with Crippen molar-refractivity contribution in [2.75, 3.05) is 20.8 Å². The van der Waals surface area contributed by atoms with Crippen LogP contribution in [0.5, 0.6) is 0 Å². The molecular formula is C8H16O4. The monoisotopic (exact) mass is 176 g/mol. The quantitative estimate of drug-likeness (QED) is 0.646. The predicted molar refractivity (Wildman–Crippen MR) is 43.0 cm³/mol. The van der Waals surface area contributed by atoms with Crippen LogP contribution in [0.2, 0.25) is 0 Å². The molecule has 1 unspecified atom stereocenters. The molecule has 4 nitrogen and oxygen atoms in total. The van der Waals surface area contributed by atoms with Gasteiger partial charge in [-0.05, 0) is 6.92 Å². The smallest absolute Gasteiger partial charge is 0.114 e. The fraction of sp³-hybridized carbons (Fsp3) is 1.00. The summed E-state index contributed by atoms with van der Waals surface area (Å²) in [7, 11) is 3.17. The average Bonchev–Trinajstić information content (AvgIpc) is 2.29. The molecule has 0 bridgehead atoms. The zero-order valence-corrected chi connectivity index (χ0v) is 7.69. The SMILES string of the molecule is COC[C@H]1O[C@H](C)[C@@H](O)C1OC. The van der Waals surface area contributed by atoms with Crippen molar-refractivity contribution >= 4 is 0 Å². The Labute approximate surface area is 72.4 Å². The molecule has 0 saturated carbocycles. The van der Waals surface area contributed by atoms with Crippen LogP contribution < -0.4 is 0 Å². The Bertz CT molecular complexity index is 139. The molecule has 0 aromatic rings. The first kappa shape index (κ1) is 9.92. The Kier molecular flexibility index (Phi) is 3.46. The zero-order valence-electron chi connectivity index (χ0n) is 7.69. The second-order valence-electron chi connectivity index (χ2n) is 3.03. The molecule has 0 amide bonds. The minimum Gasteiger partial charge on any atom is -0.388 e. The third kappa shape index (κ3) is 1.77. The summed E-state index contributed by atoms with van der Waals surface area (Å²) in [5, 5.41) is 9.55. The Balaban J connectivity index is 2.52. The predicted octanol–water partition coefficient (Wildman–Crippen LogP) is -0.204. The lowest BCUT2D eigenvalue weighted by Gasteiger charge is -2.17. The summed E-state index contributed by atoms with van der Waals surface area (Å²) in [6.45, 7) is 2.28. The number of methoxy groups -OCH3 is 2. The summed E-state index contributed by atoms with van der Waals surface area (Å²) in [6, 6.07) is 0. The van der Waals surface area contributed by atoms with E-state index in [9.17, 15) is 5.11 Å². The van der Waals surface area contributed by atoms with Crippen LogP contribution in [0.4, 0.5) is 0 Å². The van der Waals surface area contributed by atoms with E-state index < -0.39 is 6.10 Å². The molecular weight excluding hydrogens is 160 g/mol. The molecule has 1 saturated heterocycles. The summed E-state index contributed by atoms with van der Waals surface area (Å²) in [5.41, 5.74) is 0. The maximum Gasteiger partial charge on any atom is 0.114 e. The Morgan fingerprint density at radius 2 is 2.08 bits per heavy atom. The highest BCUT2D eigenvalue weighted by molar-refractivity contribution is 4.89. The first-order chi connectivity index (χ1) is 5.70. The van der Waals surface area contributed by atoms with Crippen LogP contribution in [-0.4, -0.2) is 50.3 Å². The largest absolute Gasteiger partial charge is 0.388 e. The molecule has 0 spiro atoms. The van der Waals surface area contributed by atoms with Gasteiger partial charge in [0.15, 0.2) is 0 Å². The van der Waals surface area contributed by atoms with E-state index in [4.69, 9.17) is 14.2 Å². The van der Waals surface area contributed by atoms with Crippen molar-refractivity contribution in [1.29, 1.82) is 0 Å². The summed E-state index contributed by atoms with van der Waals surface area (Å²) in [6.07, 6.45) is -1.13. The molecule has 1 N–H and O–H groups in total. The molecule has 4 heteroatoms. The van der Waals surface area contributed by atoms with Gasteiger partial charge in [-0.3, -0.25) is 0 Å². The lowest BCUT2D eigenvalue weighted by atomic mass is 10.1. The first-order valence-electron chi connectivity index (χ1n) is 4.06. The van der Waals surface area contributed by atoms with Crippen molar-refractivity contribution in [2.45, 2.75) is 31.3 Å². The van der Waals surface area contributed by atoms with E-state index in [1.54, 1.807) is 14.2 Å². The van der Waals surface area contributed by atoms with E-state index in [0.717, 1.165) is 0 Å². The molecule has 0 aliphatic carbocycles. The Hall–Kier alpha value is -0.160. The fourth-order valence-corrected chi connectivity index (χ4v) is 1.51. The van der Waals surface area contributed by atoms with Gasteiger partial charge in [-0.25, -0.2) is 0 Å². The van der Waals surface area contributed by atoms with E-state index in [2.05, 4.69) is 0 Å². The van der Waals surface area contributed by atoms with Gasteiger partial charge in [0.1, 0.15) is 18.3 Å². The van der Waals surface area contributed by atoms with Crippen molar-refractivity contribution in [3.8, 4) is 0 Å². The van der Waals surface area contributed by atoms with Crippen molar-refractivity contribution in [1.82, 2.24) is 0 Å². The van der Waals surface area contributed by atoms with E-state index in [1.807, 2.05) is 6.92 Å². The van der Waals surface area contributed by atoms with Gasteiger partial charge in [0, 0.05) is 14.2 Å². The van der Waals surface area contributed by atoms with Gasteiger partial charge >= 0.3 is 0 Å². The van der Waals surface area contributed by atoms with Crippen LogP contribution in [0.3, 0.4) is 0 Å². The number of aliphatic hydroxyl groups is 1. The van der Waals surface area contributed by atoms with E-state index in [-0.39, 0.29) is 18.3 Å². The molecule has 1 aliphatic rings. The maximum absolute atomic E-state index is 9.55. The number of aliphatic hydroxyl groups excluding tert-OH is 1. The van der Waals surface area contributed by atoms with Gasteiger partial charge in [0.25, 0.3) is 0 Å². The van der Waals surface area contributed by atoms with Gasteiger partial charge in [-0.1, -0.05) is 0 Å². The van der Waals surface area contributed by atoms with Crippen molar-refractivity contribution in [3.05, 3.63) is 0 Å². The summed E-state index contributed by atoms with van der Waals surface area (Å²) in [5.74, 6) is 0. The molecule has 1 aliphatic heterocycles. The van der Waals surface area contributed by atoms with Crippen molar-refractivity contribution in [2.24, 2.45) is 0 Å². The van der Waals surface area contributed by atoms with Crippen LogP contribution in [0, 0.1) is 0 Å². The van der Waals surface area contributed by atoms with Gasteiger partial charge in [0.05, 0.1) is 12.7 Å². The standard InChI is InChI=1S/C8H16O4/c1-5-7(9)8(11-3)6(12-5)4-10-2/h5-9H,4H2,1-3H3/t5-,6-,7-,8?/m1/s1. The van der Waals surface area contributed by atoms with Crippen LogP contribution in [0.15, 0.2) is 0 Å². The topological polar surface area (TPSA) is 47.9 Å². The Morgan fingerprint density at radius 1 is 1.42 bits per heavy atom. The molecule has 0 radical (unpaired) electrons. The van der Waals surface area contributed by atoms with E-state index in [0.29, 0.717) is 6.61 Å². The molecule has 0 aromatic carbocycles. The van der Waals surface area contributed by atoms with E-state index in [1.165, 1.54) is 0 Å². The molecule has 1 fully saturated rings. The number of hydrogen-bond donors (Lipinski definition) is 1. The Morgan fingerprint density at radius 3 is 2.58 bits per heavy atom. The number of rotatable bonds is 3. The highest BCUT2D eigenvalue weighted by Gasteiger charge is 2.41. The van der Waals surface area contributed by atoms with Crippen LogP contribution in [-0.2, 0) is 14.2 Å². The van der Waals surface area contributed by atoms with Crippen LogP contribution in [0.25, 0.3) is 0 Å². The minimum atomic E-state index is -0.546. The second-order valence-corrected chi connectivity index (χ2v) is 3.03. The molecule has 1 heterocycles. The maximum atomic E-state index is 9.55. The molecule has 4 atom stereocenters. The zero-order chi connectivity index (χ0) is 9.14. The van der Waals surface area contributed by atoms with Gasteiger partial charge in [0.2, 0.25) is 0 Å².